The second-order valence-corrected chi connectivity index (χ2v) is 4.19. The molecule has 0 saturated carbocycles. The van der Waals surface area contributed by atoms with Gasteiger partial charge in [0.15, 0.2) is 0 Å². The number of nitrogens with one attached hydrogen (secondary N) is 1. The molecule has 0 atom stereocenters. The SMILES string of the molecule is C=C(c1ccccc1Br)N(NC(=O)OC)C(=O)OC. The minimum Gasteiger partial charge on any atom is -0.452 e. The molecular weight excluding hydrogens is 316 g/mol. The molecule has 0 aliphatic rings. The summed E-state index contributed by atoms with van der Waals surface area (Å²) >= 11 is 3.34. The van der Waals surface area contributed by atoms with Crippen molar-refractivity contribution >= 4 is 33.8 Å². The molecule has 7 heteroatoms. The molecule has 2 amide bonds. The third kappa shape index (κ3) is 3.72. The van der Waals surface area contributed by atoms with E-state index in [-0.39, 0.29) is 5.70 Å². The second-order valence-electron chi connectivity index (χ2n) is 3.34. The fraction of sp³-hybridized carbons (Fsp3) is 0.167. The Hall–Kier alpha value is -2.02. The van der Waals surface area contributed by atoms with E-state index in [9.17, 15) is 9.59 Å². The van der Waals surface area contributed by atoms with Gasteiger partial charge in [-0.3, -0.25) is 0 Å². The number of hydrazine groups is 1. The first-order valence-corrected chi connectivity index (χ1v) is 5.97. The van der Waals surface area contributed by atoms with Crippen molar-refractivity contribution in [3.63, 3.8) is 0 Å². The Labute approximate surface area is 119 Å². The van der Waals surface area contributed by atoms with E-state index >= 15 is 0 Å². The second kappa shape index (κ2) is 6.79. The van der Waals surface area contributed by atoms with Crippen molar-refractivity contribution in [2.75, 3.05) is 14.2 Å². The van der Waals surface area contributed by atoms with Crippen LogP contribution >= 0.6 is 15.9 Å². The van der Waals surface area contributed by atoms with Gasteiger partial charge in [-0.05, 0) is 6.07 Å². The molecule has 0 fully saturated rings. The number of hydrogen-bond donors (Lipinski definition) is 1. The molecule has 1 N–H and O–H groups in total. The van der Waals surface area contributed by atoms with Gasteiger partial charge in [-0.1, -0.05) is 40.7 Å². The maximum Gasteiger partial charge on any atom is 0.433 e. The Bertz CT molecular complexity index is 504. The van der Waals surface area contributed by atoms with Crippen molar-refractivity contribution in [3.05, 3.63) is 40.9 Å². The Morgan fingerprint density at radius 2 is 1.89 bits per heavy atom. The molecule has 0 unspecified atom stereocenters. The fourth-order valence-corrected chi connectivity index (χ4v) is 1.78. The molecule has 1 aromatic carbocycles. The topological polar surface area (TPSA) is 67.9 Å². The summed E-state index contributed by atoms with van der Waals surface area (Å²) in [6.45, 7) is 3.77. The van der Waals surface area contributed by atoms with Crippen LogP contribution < -0.4 is 5.43 Å². The van der Waals surface area contributed by atoms with Crippen LogP contribution in [-0.2, 0) is 9.47 Å². The van der Waals surface area contributed by atoms with Crippen LogP contribution in [0.4, 0.5) is 9.59 Å². The van der Waals surface area contributed by atoms with Crippen LogP contribution in [0.15, 0.2) is 35.3 Å². The predicted octanol–water partition coefficient (Wildman–Crippen LogP) is 2.76. The molecule has 0 aliphatic heterocycles. The first-order chi connectivity index (χ1) is 9.01. The number of ether oxygens (including phenoxy) is 2. The van der Waals surface area contributed by atoms with Crippen molar-refractivity contribution in [2.24, 2.45) is 0 Å². The van der Waals surface area contributed by atoms with Gasteiger partial charge in [-0.2, -0.15) is 5.01 Å². The molecular formula is C12H13BrN2O4. The van der Waals surface area contributed by atoms with Crippen LogP contribution in [0.3, 0.4) is 0 Å². The minimum atomic E-state index is -0.807. The van der Waals surface area contributed by atoms with Crippen LogP contribution in [0.1, 0.15) is 5.56 Å². The lowest BCUT2D eigenvalue weighted by Gasteiger charge is -2.23. The largest absolute Gasteiger partial charge is 0.452 e. The van der Waals surface area contributed by atoms with Crippen LogP contribution in [0.2, 0.25) is 0 Å². The predicted molar refractivity (Wildman–Crippen MR) is 73.0 cm³/mol. The average molecular weight is 329 g/mol. The summed E-state index contributed by atoms with van der Waals surface area (Å²) in [5, 5.41) is 0.867. The Balaban J connectivity index is 3.04. The van der Waals surface area contributed by atoms with Crippen molar-refractivity contribution in [3.8, 4) is 0 Å². The lowest BCUT2D eigenvalue weighted by Crippen LogP contribution is -2.44. The highest BCUT2D eigenvalue weighted by molar-refractivity contribution is 9.10. The van der Waals surface area contributed by atoms with Crippen molar-refractivity contribution in [2.45, 2.75) is 0 Å². The zero-order valence-electron chi connectivity index (χ0n) is 10.5. The maximum atomic E-state index is 11.6. The third-order valence-electron chi connectivity index (χ3n) is 2.20. The smallest absolute Gasteiger partial charge is 0.433 e. The number of carbonyl (C=O) groups excluding carboxylic acids is 2. The Kier molecular flexibility index (Phi) is 5.37. The highest BCUT2D eigenvalue weighted by Crippen LogP contribution is 2.25. The van der Waals surface area contributed by atoms with Crippen molar-refractivity contribution in [1.82, 2.24) is 10.4 Å². The third-order valence-corrected chi connectivity index (χ3v) is 2.89. The number of amides is 2. The molecule has 0 spiro atoms. The van der Waals surface area contributed by atoms with Crippen LogP contribution in [0.25, 0.3) is 5.70 Å². The Morgan fingerprint density at radius 1 is 1.26 bits per heavy atom. The van der Waals surface area contributed by atoms with Crippen LogP contribution in [0.5, 0.6) is 0 Å². The molecule has 0 aromatic heterocycles. The number of nitrogens with zero attached hydrogens (tertiary/aromatic N) is 1. The molecule has 19 heavy (non-hydrogen) atoms. The zero-order chi connectivity index (χ0) is 14.4. The molecule has 0 heterocycles. The molecule has 0 radical (unpaired) electrons. The lowest BCUT2D eigenvalue weighted by molar-refractivity contribution is 0.113. The van der Waals surface area contributed by atoms with E-state index in [1.807, 2.05) is 6.07 Å². The van der Waals surface area contributed by atoms with Crippen LogP contribution in [-0.4, -0.2) is 31.4 Å². The zero-order valence-corrected chi connectivity index (χ0v) is 12.1. The molecule has 0 bridgehead atoms. The van der Waals surface area contributed by atoms with Gasteiger partial charge in [0.05, 0.1) is 19.9 Å². The summed E-state index contributed by atoms with van der Waals surface area (Å²) in [5.41, 5.74) is 3.09. The number of halogens is 1. The summed E-state index contributed by atoms with van der Waals surface area (Å²) in [7, 11) is 2.38. The number of benzene rings is 1. The van der Waals surface area contributed by atoms with E-state index in [1.165, 1.54) is 14.2 Å². The molecule has 0 saturated heterocycles. The number of methoxy groups -OCH3 is 2. The lowest BCUT2D eigenvalue weighted by atomic mass is 10.2. The summed E-state index contributed by atoms with van der Waals surface area (Å²) in [6.07, 6.45) is -1.59. The standard InChI is InChI=1S/C12H13BrN2O4/c1-8(9-6-4-5-7-10(9)13)15(12(17)19-3)14-11(16)18-2/h4-7H,1H2,2-3H3,(H,14,16). The van der Waals surface area contributed by atoms with Gasteiger partial charge in [-0.25, -0.2) is 15.0 Å². The summed E-state index contributed by atoms with van der Waals surface area (Å²) in [5.74, 6) is 0. The van der Waals surface area contributed by atoms with E-state index < -0.39 is 12.2 Å². The van der Waals surface area contributed by atoms with Gasteiger partial charge in [-0.15, -0.1) is 0 Å². The molecule has 0 aliphatic carbocycles. The van der Waals surface area contributed by atoms with E-state index in [4.69, 9.17) is 0 Å². The number of rotatable bonds is 2. The molecule has 102 valence electrons. The number of hydrogen-bond acceptors (Lipinski definition) is 4. The normalized spacial score (nSPS) is 9.42. The van der Waals surface area contributed by atoms with Gasteiger partial charge in [0.1, 0.15) is 0 Å². The minimum absolute atomic E-state index is 0.240. The number of carbonyl (C=O) groups is 2. The first kappa shape index (κ1) is 15.0. The van der Waals surface area contributed by atoms with Crippen LogP contribution in [0, 0.1) is 0 Å². The van der Waals surface area contributed by atoms with Crippen molar-refractivity contribution < 1.29 is 19.1 Å². The average Bonchev–Trinajstić information content (AvgIpc) is 2.43. The van der Waals surface area contributed by atoms with Gasteiger partial charge >= 0.3 is 12.2 Å². The summed E-state index contributed by atoms with van der Waals surface area (Å²) in [6, 6.07) is 7.12. The van der Waals surface area contributed by atoms with Gasteiger partial charge in [0.25, 0.3) is 0 Å². The van der Waals surface area contributed by atoms with E-state index in [2.05, 4.69) is 37.4 Å². The Morgan fingerprint density at radius 3 is 2.42 bits per heavy atom. The highest BCUT2D eigenvalue weighted by Gasteiger charge is 2.22. The summed E-state index contributed by atoms with van der Waals surface area (Å²) in [4.78, 5) is 22.9. The van der Waals surface area contributed by atoms with E-state index in [0.29, 0.717) is 5.56 Å². The van der Waals surface area contributed by atoms with Crippen molar-refractivity contribution in [1.29, 1.82) is 0 Å². The van der Waals surface area contributed by atoms with E-state index in [0.717, 1.165) is 9.48 Å². The van der Waals surface area contributed by atoms with Gasteiger partial charge < -0.3 is 9.47 Å². The monoisotopic (exact) mass is 328 g/mol. The first-order valence-electron chi connectivity index (χ1n) is 5.17. The highest BCUT2D eigenvalue weighted by atomic mass is 79.9. The summed E-state index contributed by atoms with van der Waals surface area (Å²) < 4.78 is 9.74. The molecule has 1 aromatic rings. The molecule has 6 nitrogen and oxygen atoms in total. The van der Waals surface area contributed by atoms with E-state index in [1.54, 1.807) is 18.2 Å². The quantitative estimate of drug-likeness (QED) is 0.847. The van der Waals surface area contributed by atoms with Gasteiger partial charge in [0, 0.05) is 10.0 Å². The maximum absolute atomic E-state index is 11.6. The van der Waals surface area contributed by atoms with Gasteiger partial charge in [0.2, 0.25) is 0 Å². The fourth-order valence-electron chi connectivity index (χ4n) is 1.27. The molecule has 1 rings (SSSR count).